The summed E-state index contributed by atoms with van der Waals surface area (Å²) in [5, 5.41) is 4.98. The van der Waals surface area contributed by atoms with E-state index in [0.29, 0.717) is 0 Å². The van der Waals surface area contributed by atoms with Gasteiger partial charge < -0.3 is 9.47 Å². The third kappa shape index (κ3) is 4.21. The first-order valence-electron chi connectivity index (χ1n) is 13.8. The zero-order chi connectivity index (χ0) is 28.0. The number of benzene rings is 6. The highest BCUT2D eigenvalue weighted by molar-refractivity contribution is 6.11. The summed E-state index contributed by atoms with van der Waals surface area (Å²) in [5.74, 6) is 1.73. The molecule has 0 N–H and O–H groups in total. The summed E-state index contributed by atoms with van der Waals surface area (Å²) in [6.07, 6.45) is 0. The number of rotatable bonds is 5. The van der Waals surface area contributed by atoms with E-state index in [1.54, 1.807) is 14.2 Å². The second-order valence-electron chi connectivity index (χ2n) is 10.7. The Bertz CT molecular complexity index is 1770. The molecule has 0 saturated heterocycles. The van der Waals surface area contributed by atoms with Crippen LogP contribution in [0.4, 0.5) is 0 Å². The van der Waals surface area contributed by atoms with Crippen LogP contribution in [0.5, 0.6) is 11.5 Å². The van der Waals surface area contributed by atoms with Gasteiger partial charge in [-0.15, -0.1) is 0 Å². The fraction of sp³-hybridized carbons (Fsp3) is 0.158. The predicted octanol–water partition coefficient (Wildman–Crippen LogP) is 10.2. The SMILES string of the molecule is COc1ccc(C)c(-c2cc3ccccc3c(-c3c(C)c(-c4cc(OC)ccc4C)cc4ccccc34)c2C)c1. The van der Waals surface area contributed by atoms with Crippen LogP contribution >= 0.6 is 0 Å². The summed E-state index contributed by atoms with van der Waals surface area (Å²) in [5.41, 5.74) is 12.4. The van der Waals surface area contributed by atoms with E-state index < -0.39 is 0 Å². The summed E-state index contributed by atoms with van der Waals surface area (Å²) in [4.78, 5) is 0. The smallest absolute Gasteiger partial charge is 0.119 e. The quantitative estimate of drug-likeness (QED) is 0.224. The number of methoxy groups -OCH3 is 2. The van der Waals surface area contributed by atoms with Gasteiger partial charge in [0.15, 0.2) is 0 Å². The van der Waals surface area contributed by atoms with E-state index in [4.69, 9.17) is 9.47 Å². The van der Waals surface area contributed by atoms with Crippen LogP contribution in [-0.2, 0) is 0 Å². The molecule has 6 aromatic rings. The molecule has 2 heteroatoms. The molecule has 6 rings (SSSR count). The van der Waals surface area contributed by atoms with Crippen LogP contribution in [0.2, 0.25) is 0 Å². The van der Waals surface area contributed by atoms with Crippen LogP contribution in [0.1, 0.15) is 22.3 Å². The Morgan fingerprint density at radius 3 is 1.23 bits per heavy atom. The van der Waals surface area contributed by atoms with Crippen LogP contribution in [-0.4, -0.2) is 14.2 Å². The molecular weight excluding hydrogens is 488 g/mol. The first kappa shape index (κ1) is 25.7. The molecule has 0 aromatic heterocycles. The lowest BCUT2D eigenvalue weighted by Gasteiger charge is -2.23. The summed E-state index contributed by atoms with van der Waals surface area (Å²) in [7, 11) is 3.46. The van der Waals surface area contributed by atoms with E-state index in [0.717, 1.165) is 11.5 Å². The third-order valence-corrected chi connectivity index (χ3v) is 8.34. The van der Waals surface area contributed by atoms with Crippen LogP contribution in [0.3, 0.4) is 0 Å². The lowest BCUT2D eigenvalue weighted by atomic mass is 9.81. The van der Waals surface area contributed by atoms with Crippen LogP contribution in [0.15, 0.2) is 97.1 Å². The summed E-state index contributed by atoms with van der Waals surface area (Å²) >= 11 is 0. The molecule has 40 heavy (non-hydrogen) atoms. The maximum atomic E-state index is 5.63. The van der Waals surface area contributed by atoms with Gasteiger partial charge in [-0.25, -0.2) is 0 Å². The molecule has 0 amide bonds. The highest BCUT2D eigenvalue weighted by Crippen LogP contribution is 2.46. The monoisotopic (exact) mass is 522 g/mol. The van der Waals surface area contributed by atoms with E-state index in [1.807, 2.05) is 12.1 Å². The van der Waals surface area contributed by atoms with E-state index >= 15 is 0 Å². The molecule has 0 aliphatic rings. The standard InChI is InChI=1S/C38H34O2/c1-23-15-17-29(39-5)21-33(23)35-19-27-11-7-9-13-31(27)37(25(35)3)38-26(4)36(20-28-12-8-10-14-32(28)38)34-22-30(40-6)18-16-24(34)2/h7-22H,1-6H3. The van der Waals surface area contributed by atoms with E-state index in [2.05, 4.69) is 113 Å². The lowest BCUT2D eigenvalue weighted by molar-refractivity contribution is 0.415. The first-order valence-corrected chi connectivity index (χ1v) is 13.8. The molecule has 0 saturated carbocycles. The fourth-order valence-electron chi connectivity index (χ4n) is 6.14. The Balaban J connectivity index is 1.76. The summed E-state index contributed by atoms with van der Waals surface area (Å²) < 4.78 is 11.3. The minimum Gasteiger partial charge on any atom is -0.497 e. The van der Waals surface area contributed by atoms with Crippen LogP contribution in [0, 0.1) is 27.7 Å². The highest BCUT2D eigenvalue weighted by atomic mass is 16.5. The molecule has 0 aliphatic carbocycles. The molecule has 6 aromatic carbocycles. The van der Waals surface area contributed by atoms with Crippen molar-refractivity contribution in [3.8, 4) is 44.9 Å². The van der Waals surface area contributed by atoms with Crippen molar-refractivity contribution in [3.63, 3.8) is 0 Å². The van der Waals surface area contributed by atoms with Gasteiger partial charge in [-0.3, -0.25) is 0 Å². The second-order valence-corrected chi connectivity index (χ2v) is 10.7. The van der Waals surface area contributed by atoms with Crippen molar-refractivity contribution in [1.29, 1.82) is 0 Å². The topological polar surface area (TPSA) is 18.5 Å². The highest BCUT2D eigenvalue weighted by Gasteiger charge is 2.21. The predicted molar refractivity (Wildman–Crippen MR) is 170 cm³/mol. The average molecular weight is 523 g/mol. The van der Waals surface area contributed by atoms with Crippen molar-refractivity contribution in [2.24, 2.45) is 0 Å². The summed E-state index contributed by atoms with van der Waals surface area (Å²) in [6.45, 7) is 8.90. The molecule has 0 spiro atoms. The van der Waals surface area contributed by atoms with Crippen molar-refractivity contribution < 1.29 is 9.47 Å². The van der Waals surface area contributed by atoms with Gasteiger partial charge in [0.25, 0.3) is 0 Å². The van der Waals surface area contributed by atoms with Crippen molar-refractivity contribution in [2.45, 2.75) is 27.7 Å². The second kappa shape index (κ2) is 10.2. The van der Waals surface area contributed by atoms with E-state index in [-0.39, 0.29) is 0 Å². The van der Waals surface area contributed by atoms with Crippen LogP contribution < -0.4 is 9.47 Å². The zero-order valence-electron chi connectivity index (χ0n) is 24.1. The Morgan fingerprint density at radius 2 is 0.825 bits per heavy atom. The van der Waals surface area contributed by atoms with Crippen molar-refractivity contribution in [3.05, 3.63) is 119 Å². The molecule has 0 heterocycles. The number of hydrogen-bond acceptors (Lipinski definition) is 2. The Hall–Kier alpha value is -4.56. The molecule has 2 nitrogen and oxygen atoms in total. The van der Waals surface area contributed by atoms with Crippen molar-refractivity contribution in [2.75, 3.05) is 14.2 Å². The van der Waals surface area contributed by atoms with Gasteiger partial charge in [-0.2, -0.15) is 0 Å². The van der Waals surface area contributed by atoms with Crippen molar-refractivity contribution in [1.82, 2.24) is 0 Å². The minimum absolute atomic E-state index is 0.867. The maximum Gasteiger partial charge on any atom is 0.119 e. The van der Waals surface area contributed by atoms with Crippen LogP contribution in [0.25, 0.3) is 54.9 Å². The van der Waals surface area contributed by atoms with Gasteiger partial charge in [-0.1, -0.05) is 60.7 Å². The molecule has 0 bridgehead atoms. The van der Waals surface area contributed by atoms with E-state index in [9.17, 15) is 0 Å². The molecule has 0 unspecified atom stereocenters. The Morgan fingerprint density at radius 1 is 0.425 bits per heavy atom. The minimum atomic E-state index is 0.867. The van der Waals surface area contributed by atoms with Gasteiger partial charge in [0.05, 0.1) is 14.2 Å². The number of hydrogen-bond donors (Lipinski definition) is 0. The van der Waals surface area contributed by atoms with Gasteiger partial charge >= 0.3 is 0 Å². The molecule has 0 fully saturated rings. The summed E-state index contributed by atoms with van der Waals surface area (Å²) in [6, 6.07) is 34.9. The molecule has 0 atom stereocenters. The van der Waals surface area contributed by atoms with Gasteiger partial charge in [-0.05, 0) is 141 Å². The van der Waals surface area contributed by atoms with Gasteiger partial charge in [0.1, 0.15) is 11.5 Å². The van der Waals surface area contributed by atoms with E-state index in [1.165, 1.54) is 77.2 Å². The number of aryl methyl sites for hydroxylation is 2. The fourth-order valence-corrected chi connectivity index (χ4v) is 6.14. The lowest BCUT2D eigenvalue weighted by Crippen LogP contribution is -1.98. The van der Waals surface area contributed by atoms with Gasteiger partial charge in [0.2, 0.25) is 0 Å². The normalized spacial score (nSPS) is 11.2. The number of fused-ring (bicyclic) bond motifs is 2. The average Bonchev–Trinajstić information content (AvgIpc) is 2.98. The Labute approximate surface area is 236 Å². The zero-order valence-corrected chi connectivity index (χ0v) is 24.1. The molecule has 0 radical (unpaired) electrons. The van der Waals surface area contributed by atoms with Crippen molar-refractivity contribution >= 4 is 21.5 Å². The van der Waals surface area contributed by atoms with Gasteiger partial charge in [0, 0.05) is 0 Å². The first-order chi connectivity index (χ1) is 19.4. The molecule has 198 valence electrons. The maximum absolute atomic E-state index is 5.63. The molecular formula is C38H34O2. The largest absolute Gasteiger partial charge is 0.497 e. The third-order valence-electron chi connectivity index (χ3n) is 8.34. The number of ether oxygens (including phenoxy) is 2. The Kier molecular flexibility index (Phi) is 6.56. The molecule has 0 aliphatic heterocycles.